The Morgan fingerprint density at radius 2 is 2.03 bits per heavy atom. The Hall–Kier alpha value is -2.44. The number of pyridine rings is 1. The molecular formula is C24H34N4O2. The number of likely N-dealkylation sites (N-methyl/N-ethyl adjacent to an activating group) is 1. The second-order valence-electron chi connectivity index (χ2n) is 8.34. The first-order valence-electron chi connectivity index (χ1n) is 10.9. The molecule has 0 atom stereocenters. The summed E-state index contributed by atoms with van der Waals surface area (Å²) in [5, 5.41) is 14.5. The largest absolute Gasteiger partial charge is 0.395 e. The van der Waals surface area contributed by atoms with Gasteiger partial charge >= 0.3 is 0 Å². The first kappa shape index (κ1) is 22.2. The minimum Gasteiger partial charge on any atom is -0.395 e. The van der Waals surface area contributed by atoms with E-state index < -0.39 is 0 Å². The highest BCUT2D eigenvalue weighted by Crippen LogP contribution is 2.35. The first-order chi connectivity index (χ1) is 14.4. The molecule has 0 radical (unpaired) electrons. The lowest BCUT2D eigenvalue weighted by Crippen LogP contribution is -2.31. The second kappa shape index (κ2) is 9.58. The van der Waals surface area contributed by atoms with Crippen molar-refractivity contribution in [2.45, 2.75) is 47.0 Å². The molecule has 0 unspecified atom stereocenters. The van der Waals surface area contributed by atoms with Crippen LogP contribution in [0.4, 0.5) is 0 Å². The molecule has 0 fully saturated rings. The summed E-state index contributed by atoms with van der Waals surface area (Å²) in [4.78, 5) is 23.2. The molecular weight excluding hydrogens is 376 g/mol. The van der Waals surface area contributed by atoms with Crippen molar-refractivity contribution < 1.29 is 9.90 Å². The van der Waals surface area contributed by atoms with Gasteiger partial charge in [-0.2, -0.15) is 0 Å². The Bertz CT molecular complexity index is 1040. The third-order valence-corrected chi connectivity index (χ3v) is 5.82. The number of H-pyrrole nitrogens is 1. The molecule has 30 heavy (non-hydrogen) atoms. The number of hydrogen-bond acceptors (Lipinski definition) is 4. The maximum Gasteiger partial charge on any atom is 0.251 e. The molecule has 0 bridgehead atoms. The van der Waals surface area contributed by atoms with Crippen LogP contribution in [0.5, 0.6) is 0 Å². The van der Waals surface area contributed by atoms with E-state index in [4.69, 9.17) is 5.11 Å². The van der Waals surface area contributed by atoms with Crippen LogP contribution < -0.4 is 5.32 Å². The van der Waals surface area contributed by atoms with E-state index in [9.17, 15) is 4.79 Å². The van der Waals surface area contributed by atoms with Gasteiger partial charge in [-0.15, -0.1) is 0 Å². The van der Waals surface area contributed by atoms with Gasteiger partial charge in [0.1, 0.15) is 5.65 Å². The number of hydrogen-bond donors (Lipinski definition) is 3. The van der Waals surface area contributed by atoms with Crippen molar-refractivity contribution in [3.8, 4) is 0 Å². The fraction of sp³-hybridized carbons (Fsp3) is 0.500. The smallest absolute Gasteiger partial charge is 0.251 e. The molecule has 6 heteroatoms. The van der Waals surface area contributed by atoms with E-state index in [2.05, 4.69) is 60.0 Å². The lowest BCUT2D eigenvalue weighted by Gasteiger charge is -2.19. The van der Waals surface area contributed by atoms with Crippen LogP contribution in [-0.4, -0.2) is 58.7 Å². The molecule has 2 aromatic heterocycles. The minimum absolute atomic E-state index is 0.0377. The normalized spacial score (nSPS) is 11.9. The van der Waals surface area contributed by atoms with E-state index in [-0.39, 0.29) is 18.4 Å². The molecule has 0 saturated heterocycles. The third-order valence-electron chi connectivity index (χ3n) is 5.82. The molecule has 3 N–H and O–H groups in total. The van der Waals surface area contributed by atoms with Crippen molar-refractivity contribution in [2.24, 2.45) is 0 Å². The number of carbonyl (C=O) groups is 1. The van der Waals surface area contributed by atoms with Crippen LogP contribution in [0.3, 0.4) is 0 Å². The summed E-state index contributed by atoms with van der Waals surface area (Å²) in [7, 11) is 0. The summed E-state index contributed by atoms with van der Waals surface area (Å²) in [6.45, 7) is 13.7. The summed E-state index contributed by atoms with van der Waals surface area (Å²) in [5.41, 5.74) is 5.83. The number of rotatable bonds is 9. The zero-order valence-corrected chi connectivity index (χ0v) is 18.8. The number of aliphatic hydroxyl groups excluding tert-OH is 1. The molecule has 6 nitrogen and oxygen atoms in total. The predicted octanol–water partition coefficient (Wildman–Crippen LogP) is 3.89. The number of nitrogens with zero attached hydrogens (tertiary/aromatic N) is 2. The number of aryl methyl sites for hydroxylation is 2. The highest BCUT2D eigenvalue weighted by atomic mass is 16.3. The number of fused-ring (bicyclic) bond motifs is 3. The molecule has 0 aliphatic rings. The molecule has 162 valence electrons. The number of aromatic nitrogens is 2. The maximum absolute atomic E-state index is 13.0. The quantitative estimate of drug-likeness (QED) is 0.468. The predicted molar refractivity (Wildman–Crippen MR) is 123 cm³/mol. The molecule has 0 saturated carbocycles. The summed E-state index contributed by atoms with van der Waals surface area (Å²) in [5.74, 6) is 0.250. The first-order valence-corrected chi connectivity index (χ1v) is 10.9. The van der Waals surface area contributed by atoms with Crippen LogP contribution in [0.2, 0.25) is 0 Å². The van der Waals surface area contributed by atoms with Crippen LogP contribution >= 0.6 is 0 Å². The van der Waals surface area contributed by atoms with Crippen molar-refractivity contribution in [3.63, 3.8) is 0 Å². The van der Waals surface area contributed by atoms with Crippen LogP contribution in [0.1, 0.15) is 60.2 Å². The summed E-state index contributed by atoms with van der Waals surface area (Å²) in [6, 6.07) is 4.22. The minimum atomic E-state index is -0.0377. The van der Waals surface area contributed by atoms with Gasteiger partial charge in [-0.3, -0.25) is 4.79 Å². The average Bonchev–Trinajstić information content (AvgIpc) is 3.09. The van der Waals surface area contributed by atoms with E-state index in [0.717, 1.165) is 52.8 Å². The lowest BCUT2D eigenvalue weighted by atomic mass is 9.92. The van der Waals surface area contributed by atoms with Gasteiger partial charge in [0.25, 0.3) is 5.91 Å². The number of benzene rings is 1. The molecule has 0 aliphatic carbocycles. The lowest BCUT2D eigenvalue weighted by molar-refractivity contribution is 0.0950. The Balaban J connectivity index is 1.88. The van der Waals surface area contributed by atoms with E-state index in [0.29, 0.717) is 13.1 Å². The molecule has 0 spiro atoms. The number of carbonyl (C=O) groups excluding carboxylic acids is 1. The van der Waals surface area contributed by atoms with E-state index in [1.165, 1.54) is 10.9 Å². The zero-order valence-electron chi connectivity index (χ0n) is 18.8. The van der Waals surface area contributed by atoms with Gasteiger partial charge in [0.2, 0.25) is 0 Å². The fourth-order valence-corrected chi connectivity index (χ4v) is 4.09. The van der Waals surface area contributed by atoms with Crippen molar-refractivity contribution >= 4 is 27.8 Å². The second-order valence-corrected chi connectivity index (χ2v) is 8.34. The maximum atomic E-state index is 13.0. The Morgan fingerprint density at radius 1 is 1.27 bits per heavy atom. The standard InChI is InChI=1S/C24H34N4O2/c1-6-28(10-11-29)9-7-8-25-24(30)19-13-18(15(2)3)21-20-12-16(4)14-26-23(20)27-22(21)17(19)5/h12-15,29H,6-11H2,1-5H3,(H,25,30)(H,26,27). The number of aromatic amines is 1. The van der Waals surface area contributed by atoms with Crippen LogP contribution in [-0.2, 0) is 0 Å². The van der Waals surface area contributed by atoms with Gasteiger partial charge in [0.05, 0.1) is 12.1 Å². The molecule has 2 heterocycles. The SMILES string of the molecule is CCN(CCO)CCCNC(=O)c1cc(C(C)C)c2c([nH]c3ncc(C)cc32)c1C. The highest BCUT2D eigenvalue weighted by molar-refractivity contribution is 6.12. The third kappa shape index (κ3) is 4.50. The van der Waals surface area contributed by atoms with E-state index >= 15 is 0 Å². The average molecular weight is 411 g/mol. The number of nitrogens with one attached hydrogen (secondary N) is 2. The van der Waals surface area contributed by atoms with Crippen LogP contribution in [0.15, 0.2) is 18.3 Å². The van der Waals surface area contributed by atoms with Gasteiger partial charge in [-0.05, 0) is 68.1 Å². The summed E-state index contributed by atoms with van der Waals surface area (Å²) >= 11 is 0. The van der Waals surface area contributed by atoms with Crippen molar-refractivity contribution in [1.29, 1.82) is 0 Å². The monoisotopic (exact) mass is 410 g/mol. The van der Waals surface area contributed by atoms with Crippen molar-refractivity contribution in [2.75, 3.05) is 32.8 Å². The Labute approximate surface area is 178 Å². The summed E-state index contributed by atoms with van der Waals surface area (Å²) < 4.78 is 0. The molecule has 3 rings (SSSR count). The molecule has 3 aromatic rings. The van der Waals surface area contributed by atoms with Crippen LogP contribution in [0, 0.1) is 13.8 Å². The van der Waals surface area contributed by atoms with E-state index in [1.54, 1.807) is 0 Å². The van der Waals surface area contributed by atoms with Crippen molar-refractivity contribution in [3.05, 3.63) is 40.6 Å². The topological polar surface area (TPSA) is 81.2 Å². The molecule has 1 aromatic carbocycles. The zero-order chi connectivity index (χ0) is 21.8. The Morgan fingerprint density at radius 3 is 2.70 bits per heavy atom. The van der Waals surface area contributed by atoms with E-state index in [1.807, 2.05) is 13.1 Å². The van der Waals surface area contributed by atoms with Gasteiger partial charge in [-0.1, -0.05) is 20.8 Å². The van der Waals surface area contributed by atoms with Gasteiger partial charge in [-0.25, -0.2) is 4.98 Å². The Kier molecular flexibility index (Phi) is 7.10. The van der Waals surface area contributed by atoms with Crippen LogP contribution in [0.25, 0.3) is 21.9 Å². The summed E-state index contributed by atoms with van der Waals surface area (Å²) in [6.07, 6.45) is 2.72. The highest BCUT2D eigenvalue weighted by Gasteiger charge is 2.20. The molecule has 0 aliphatic heterocycles. The number of amides is 1. The fourth-order valence-electron chi connectivity index (χ4n) is 4.09. The van der Waals surface area contributed by atoms with Crippen molar-refractivity contribution in [1.82, 2.24) is 20.2 Å². The van der Waals surface area contributed by atoms with Gasteiger partial charge < -0.3 is 20.3 Å². The van der Waals surface area contributed by atoms with Gasteiger partial charge in [0.15, 0.2) is 0 Å². The van der Waals surface area contributed by atoms with Gasteiger partial charge in [0, 0.05) is 35.6 Å². The number of aliphatic hydroxyl groups is 1. The molecule has 1 amide bonds.